The van der Waals surface area contributed by atoms with Gasteiger partial charge in [-0.25, -0.2) is 0 Å². The highest BCUT2D eigenvalue weighted by atomic mass is 16.2. The first-order valence-corrected chi connectivity index (χ1v) is 6.57. The van der Waals surface area contributed by atoms with Gasteiger partial charge in [-0.1, -0.05) is 12.1 Å². The molecule has 1 aliphatic carbocycles. The summed E-state index contributed by atoms with van der Waals surface area (Å²) in [6.07, 6.45) is 4.84. The van der Waals surface area contributed by atoms with Crippen LogP contribution in [0.25, 0.3) is 0 Å². The zero-order valence-corrected chi connectivity index (χ0v) is 10.5. The predicted octanol–water partition coefficient (Wildman–Crippen LogP) is 1.95. The number of amides is 2. The van der Waals surface area contributed by atoms with Gasteiger partial charge >= 0.3 is 0 Å². The van der Waals surface area contributed by atoms with Crippen LogP contribution in [-0.2, 0) is 4.79 Å². The molecular weight excluding hydrogens is 242 g/mol. The first-order chi connectivity index (χ1) is 9.22. The number of hydrogen-bond acceptors (Lipinski definition) is 3. The van der Waals surface area contributed by atoms with Crippen LogP contribution in [0.3, 0.4) is 0 Å². The van der Waals surface area contributed by atoms with Gasteiger partial charge in [0.15, 0.2) is 0 Å². The Morgan fingerprint density at radius 3 is 1.95 bits per heavy atom. The molecular formula is C15H14NO3. The smallest absolute Gasteiger partial charge is 0.261 e. The molecule has 1 aromatic carbocycles. The first kappa shape index (κ1) is 12.1. The normalized spacial score (nSPS) is 26.4. The largest absolute Gasteiger partial charge is 0.291 e. The number of imide groups is 1. The van der Waals surface area contributed by atoms with Crippen molar-refractivity contribution in [1.82, 2.24) is 4.90 Å². The fraction of sp³-hybridized carbons (Fsp3) is 0.400. The molecule has 1 fully saturated rings. The molecule has 0 bridgehead atoms. The summed E-state index contributed by atoms with van der Waals surface area (Å²) in [5.74, 6) is -0.426. The average molecular weight is 256 g/mol. The van der Waals surface area contributed by atoms with E-state index in [1.54, 1.807) is 24.3 Å². The van der Waals surface area contributed by atoms with Gasteiger partial charge in [0.05, 0.1) is 11.1 Å². The van der Waals surface area contributed by atoms with Gasteiger partial charge < -0.3 is 0 Å². The highest BCUT2D eigenvalue weighted by Gasteiger charge is 2.40. The van der Waals surface area contributed by atoms with Crippen LogP contribution in [0.2, 0.25) is 0 Å². The second kappa shape index (κ2) is 4.61. The van der Waals surface area contributed by atoms with Crippen molar-refractivity contribution >= 4 is 18.1 Å². The van der Waals surface area contributed by atoms with Crippen LogP contribution in [0, 0.1) is 5.92 Å². The summed E-state index contributed by atoms with van der Waals surface area (Å²) in [5.41, 5.74) is 0.994. The van der Waals surface area contributed by atoms with E-state index in [0.717, 1.165) is 0 Å². The SMILES string of the molecule is O=[C]C1CCC(N2C(=O)c3ccccc3C2=O)CC1. The molecule has 0 aromatic heterocycles. The topological polar surface area (TPSA) is 54.5 Å². The number of carbonyl (C=O) groups is 2. The lowest BCUT2D eigenvalue weighted by molar-refractivity contribution is 0.0541. The Morgan fingerprint density at radius 1 is 0.947 bits per heavy atom. The van der Waals surface area contributed by atoms with Crippen molar-refractivity contribution in [2.45, 2.75) is 31.7 Å². The van der Waals surface area contributed by atoms with Crippen molar-refractivity contribution < 1.29 is 14.4 Å². The van der Waals surface area contributed by atoms with E-state index in [1.807, 2.05) is 6.29 Å². The number of rotatable bonds is 2. The molecule has 1 aromatic rings. The van der Waals surface area contributed by atoms with Crippen LogP contribution in [0.1, 0.15) is 46.4 Å². The molecule has 0 spiro atoms. The van der Waals surface area contributed by atoms with Crippen molar-refractivity contribution in [2.24, 2.45) is 5.92 Å². The lowest BCUT2D eigenvalue weighted by Gasteiger charge is -2.31. The van der Waals surface area contributed by atoms with Crippen LogP contribution in [-0.4, -0.2) is 29.0 Å². The number of hydrogen-bond donors (Lipinski definition) is 0. The molecule has 4 nitrogen and oxygen atoms in total. The van der Waals surface area contributed by atoms with Gasteiger partial charge in [-0.05, 0) is 37.8 Å². The first-order valence-electron chi connectivity index (χ1n) is 6.57. The molecule has 1 radical (unpaired) electrons. The lowest BCUT2D eigenvalue weighted by Crippen LogP contribution is -2.42. The summed E-state index contributed by atoms with van der Waals surface area (Å²) in [4.78, 5) is 36.6. The van der Waals surface area contributed by atoms with Gasteiger partial charge in [0.1, 0.15) is 0 Å². The number of benzene rings is 1. The third-order valence-electron chi connectivity index (χ3n) is 4.05. The Bertz CT molecular complexity index is 509. The van der Waals surface area contributed by atoms with Gasteiger partial charge in [0.2, 0.25) is 6.29 Å². The van der Waals surface area contributed by atoms with E-state index in [-0.39, 0.29) is 23.8 Å². The second-order valence-electron chi connectivity index (χ2n) is 5.15. The maximum Gasteiger partial charge on any atom is 0.261 e. The molecule has 2 aliphatic rings. The van der Waals surface area contributed by atoms with Crippen LogP contribution in [0.4, 0.5) is 0 Å². The molecule has 4 heteroatoms. The highest BCUT2D eigenvalue weighted by Crippen LogP contribution is 2.32. The molecule has 2 amide bonds. The molecule has 0 N–H and O–H groups in total. The summed E-state index contributed by atoms with van der Waals surface area (Å²) in [7, 11) is 0. The zero-order chi connectivity index (χ0) is 13.4. The van der Waals surface area contributed by atoms with Crippen LogP contribution < -0.4 is 0 Å². The monoisotopic (exact) mass is 256 g/mol. The van der Waals surface area contributed by atoms with E-state index in [0.29, 0.717) is 36.8 Å². The fourth-order valence-electron chi connectivity index (χ4n) is 2.99. The second-order valence-corrected chi connectivity index (χ2v) is 5.15. The van der Waals surface area contributed by atoms with Crippen LogP contribution >= 0.6 is 0 Å². The van der Waals surface area contributed by atoms with Crippen molar-refractivity contribution in [1.29, 1.82) is 0 Å². The molecule has 0 unspecified atom stereocenters. The minimum Gasteiger partial charge on any atom is -0.291 e. The Labute approximate surface area is 111 Å². The summed E-state index contributed by atoms with van der Waals surface area (Å²) in [5, 5.41) is 0. The quantitative estimate of drug-likeness (QED) is 0.760. The van der Waals surface area contributed by atoms with E-state index < -0.39 is 0 Å². The molecule has 19 heavy (non-hydrogen) atoms. The van der Waals surface area contributed by atoms with Gasteiger partial charge in [-0.2, -0.15) is 0 Å². The van der Waals surface area contributed by atoms with Gasteiger partial charge in [-0.3, -0.25) is 19.3 Å². The summed E-state index contributed by atoms with van der Waals surface area (Å²) >= 11 is 0. The Balaban J connectivity index is 1.83. The molecule has 1 aliphatic heterocycles. The maximum absolute atomic E-state index is 12.3. The van der Waals surface area contributed by atoms with E-state index in [4.69, 9.17) is 0 Å². The average Bonchev–Trinajstić information content (AvgIpc) is 2.72. The van der Waals surface area contributed by atoms with Gasteiger partial charge in [0.25, 0.3) is 11.8 Å². The van der Waals surface area contributed by atoms with Crippen molar-refractivity contribution in [3.05, 3.63) is 35.4 Å². The molecule has 0 atom stereocenters. The van der Waals surface area contributed by atoms with Gasteiger partial charge in [-0.15, -0.1) is 0 Å². The van der Waals surface area contributed by atoms with Crippen LogP contribution in [0.5, 0.6) is 0 Å². The van der Waals surface area contributed by atoms with Crippen molar-refractivity contribution in [3.63, 3.8) is 0 Å². The predicted molar refractivity (Wildman–Crippen MR) is 68.4 cm³/mol. The van der Waals surface area contributed by atoms with Crippen molar-refractivity contribution in [3.8, 4) is 0 Å². The third-order valence-corrected chi connectivity index (χ3v) is 4.05. The highest BCUT2D eigenvalue weighted by molar-refractivity contribution is 6.21. The third kappa shape index (κ3) is 1.87. The minimum absolute atomic E-state index is 0.0357. The van der Waals surface area contributed by atoms with E-state index >= 15 is 0 Å². The summed E-state index contributed by atoms with van der Waals surface area (Å²) in [6, 6.07) is 6.86. The van der Waals surface area contributed by atoms with Crippen molar-refractivity contribution in [2.75, 3.05) is 0 Å². The standard InChI is InChI=1S/C15H14NO3/c17-9-10-5-7-11(8-6-10)16-14(18)12-3-1-2-4-13(12)15(16)19/h1-4,10-11H,5-8H2. The maximum atomic E-state index is 12.3. The molecule has 1 saturated carbocycles. The molecule has 0 saturated heterocycles. The summed E-state index contributed by atoms with van der Waals surface area (Å²) < 4.78 is 0. The number of fused-ring (bicyclic) bond motifs is 1. The van der Waals surface area contributed by atoms with E-state index in [9.17, 15) is 14.4 Å². The molecule has 3 rings (SSSR count). The van der Waals surface area contributed by atoms with Gasteiger partial charge in [0, 0.05) is 12.0 Å². The molecule has 97 valence electrons. The lowest BCUT2D eigenvalue weighted by atomic mass is 9.86. The van der Waals surface area contributed by atoms with E-state index in [2.05, 4.69) is 0 Å². The number of nitrogens with zero attached hydrogens (tertiary/aromatic N) is 1. The Kier molecular flexibility index (Phi) is 2.93. The molecule has 1 heterocycles. The summed E-state index contributed by atoms with van der Waals surface area (Å²) in [6.45, 7) is 0. The minimum atomic E-state index is -0.195. The fourth-order valence-corrected chi connectivity index (χ4v) is 2.99. The number of carbonyl (C=O) groups excluding carboxylic acids is 3. The Morgan fingerprint density at radius 2 is 1.47 bits per heavy atom. The van der Waals surface area contributed by atoms with E-state index in [1.165, 1.54) is 4.90 Å². The van der Waals surface area contributed by atoms with Crippen LogP contribution in [0.15, 0.2) is 24.3 Å². The Hall–Kier alpha value is -1.97. The zero-order valence-electron chi connectivity index (χ0n) is 10.5.